The van der Waals surface area contributed by atoms with Gasteiger partial charge in [0.1, 0.15) is 0 Å². The van der Waals surface area contributed by atoms with Gasteiger partial charge in [-0.15, -0.1) is 0 Å². The summed E-state index contributed by atoms with van der Waals surface area (Å²) in [5, 5.41) is 19.0. The van der Waals surface area contributed by atoms with E-state index in [4.69, 9.17) is 5.11 Å². The molecule has 1 N–H and O–H groups in total. The summed E-state index contributed by atoms with van der Waals surface area (Å²) in [5.74, 6) is 1.12. The van der Waals surface area contributed by atoms with Crippen molar-refractivity contribution in [2.75, 3.05) is 6.61 Å². The van der Waals surface area contributed by atoms with Gasteiger partial charge in [0, 0.05) is 6.61 Å². The highest BCUT2D eigenvalue weighted by Gasteiger charge is 2.36. The molecule has 0 heterocycles. The van der Waals surface area contributed by atoms with Crippen LogP contribution in [0.25, 0.3) is 11.1 Å². The molecule has 3 atom stereocenters. The molecule has 1 aliphatic rings. The Labute approximate surface area is 202 Å². The number of hydrogen-bond donors (Lipinski definition) is 1. The molecule has 0 spiro atoms. The lowest BCUT2D eigenvalue weighted by atomic mass is 9.66. The van der Waals surface area contributed by atoms with Gasteiger partial charge in [0.15, 0.2) is 0 Å². The van der Waals surface area contributed by atoms with Crippen molar-refractivity contribution >= 4 is 0 Å². The third-order valence-corrected chi connectivity index (χ3v) is 7.81. The average Bonchev–Trinajstić information content (AvgIpc) is 2.86. The van der Waals surface area contributed by atoms with Crippen molar-refractivity contribution in [2.45, 2.75) is 103 Å². The maximum atomic E-state index is 10.1. The van der Waals surface area contributed by atoms with Crippen molar-refractivity contribution in [2.24, 2.45) is 5.41 Å². The second-order valence-corrected chi connectivity index (χ2v) is 10.4. The number of aliphatic hydroxyl groups excluding tert-OH is 1. The summed E-state index contributed by atoms with van der Waals surface area (Å²) in [6, 6.07) is 21.0. The van der Waals surface area contributed by atoms with Gasteiger partial charge >= 0.3 is 0 Å². The lowest BCUT2D eigenvalue weighted by molar-refractivity contribution is 0.217. The minimum absolute atomic E-state index is 0.149. The summed E-state index contributed by atoms with van der Waals surface area (Å²) in [6.07, 6.45) is 13.4. The maximum Gasteiger partial charge on any atom is 0.0689 e. The number of benzene rings is 2. The number of aliphatic hydroxyl groups is 1. The molecule has 3 unspecified atom stereocenters. The van der Waals surface area contributed by atoms with E-state index in [9.17, 15) is 5.26 Å². The molecule has 1 aliphatic carbocycles. The molecule has 3 rings (SSSR count). The molecular weight excluding hydrogens is 402 g/mol. The van der Waals surface area contributed by atoms with Crippen LogP contribution in [0.3, 0.4) is 0 Å². The minimum atomic E-state index is -0.149. The van der Waals surface area contributed by atoms with Gasteiger partial charge in [-0.25, -0.2) is 0 Å². The van der Waals surface area contributed by atoms with Crippen LogP contribution in [-0.2, 0) is 0 Å². The monoisotopic (exact) mass is 445 g/mol. The molecule has 2 aromatic rings. The lowest BCUT2D eigenvalue weighted by Gasteiger charge is -2.36. The Balaban J connectivity index is 1.60. The second-order valence-electron chi connectivity index (χ2n) is 10.4. The molecule has 33 heavy (non-hydrogen) atoms. The first-order chi connectivity index (χ1) is 16.1. The van der Waals surface area contributed by atoms with Gasteiger partial charge in [-0.3, -0.25) is 0 Å². The molecular formula is C31H43NO. The van der Waals surface area contributed by atoms with Crippen molar-refractivity contribution in [3.63, 3.8) is 0 Å². The Morgan fingerprint density at radius 3 is 2.24 bits per heavy atom. The summed E-state index contributed by atoms with van der Waals surface area (Å²) in [6.45, 7) is 4.86. The molecule has 0 aliphatic heterocycles. The highest BCUT2D eigenvalue weighted by atomic mass is 16.2. The molecule has 0 aromatic heterocycles. The molecule has 0 bridgehead atoms. The molecule has 1 fully saturated rings. The van der Waals surface area contributed by atoms with Crippen molar-refractivity contribution < 1.29 is 5.11 Å². The number of rotatable bonds is 12. The Kier molecular flexibility index (Phi) is 10.0. The Morgan fingerprint density at radius 2 is 1.61 bits per heavy atom. The standard InChI is InChI=1S/C31H43NO/c1-3-10-25(2)26-12-14-27(15-13-26)28-16-18-29(19-17-28)30-11-9-21-31(23-30,24-32)20-7-5-4-6-8-22-33/h12-19,25,30,33H,3-11,20-23H2,1-2H3. The van der Waals surface area contributed by atoms with E-state index in [2.05, 4.69) is 68.4 Å². The zero-order valence-corrected chi connectivity index (χ0v) is 20.9. The van der Waals surface area contributed by atoms with E-state index < -0.39 is 0 Å². The molecule has 1 saturated carbocycles. The van der Waals surface area contributed by atoms with Crippen LogP contribution in [0, 0.1) is 16.7 Å². The number of unbranched alkanes of at least 4 members (excludes halogenated alkanes) is 4. The van der Waals surface area contributed by atoms with Gasteiger partial charge in [0.05, 0.1) is 11.5 Å². The second kappa shape index (κ2) is 13.0. The molecule has 178 valence electrons. The van der Waals surface area contributed by atoms with Crippen LogP contribution in [0.15, 0.2) is 48.5 Å². The summed E-state index contributed by atoms with van der Waals surface area (Å²) in [4.78, 5) is 0. The predicted molar refractivity (Wildman–Crippen MR) is 139 cm³/mol. The van der Waals surface area contributed by atoms with Gasteiger partial charge in [-0.2, -0.15) is 5.26 Å². The number of nitriles is 1. The Morgan fingerprint density at radius 1 is 0.970 bits per heavy atom. The van der Waals surface area contributed by atoms with Crippen LogP contribution in [-0.4, -0.2) is 11.7 Å². The normalized spacial score (nSPS) is 21.5. The van der Waals surface area contributed by atoms with Crippen LogP contribution in [0.4, 0.5) is 0 Å². The average molecular weight is 446 g/mol. The van der Waals surface area contributed by atoms with E-state index >= 15 is 0 Å². The van der Waals surface area contributed by atoms with Crippen LogP contribution in [0.5, 0.6) is 0 Å². The quantitative estimate of drug-likeness (QED) is 0.332. The van der Waals surface area contributed by atoms with Gasteiger partial charge < -0.3 is 5.11 Å². The van der Waals surface area contributed by atoms with Gasteiger partial charge in [-0.1, -0.05) is 101 Å². The molecule has 2 aromatic carbocycles. The lowest BCUT2D eigenvalue weighted by Crippen LogP contribution is -2.26. The largest absolute Gasteiger partial charge is 0.396 e. The molecule has 2 nitrogen and oxygen atoms in total. The van der Waals surface area contributed by atoms with Crippen LogP contribution < -0.4 is 0 Å². The maximum absolute atomic E-state index is 10.1. The fourth-order valence-corrected chi connectivity index (χ4v) is 5.69. The van der Waals surface area contributed by atoms with Crippen LogP contribution in [0.2, 0.25) is 0 Å². The van der Waals surface area contributed by atoms with Gasteiger partial charge in [0.25, 0.3) is 0 Å². The van der Waals surface area contributed by atoms with E-state index in [1.54, 1.807) is 0 Å². The fraction of sp³-hybridized carbons (Fsp3) is 0.581. The highest BCUT2D eigenvalue weighted by molar-refractivity contribution is 5.64. The molecule has 0 amide bonds. The van der Waals surface area contributed by atoms with Crippen molar-refractivity contribution in [1.29, 1.82) is 5.26 Å². The van der Waals surface area contributed by atoms with Crippen molar-refractivity contribution in [1.82, 2.24) is 0 Å². The van der Waals surface area contributed by atoms with Crippen LogP contribution >= 0.6 is 0 Å². The zero-order valence-electron chi connectivity index (χ0n) is 20.9. The first-order valence-electron chi connectivity index (χ1n) is 13.3. The van der Waals surface area contributed by atoms with E-state index in [-0.39, 0.29) is 5.41 Å². The molecule has 0 radical (unpaired) electrons. The molecule has 0 saturated heterocycles. The number of nitrogens with zero attached hydrogens (tertiary/aromatic N) is 1. The smallest absolute Gasteiger partial charge is 0.0689 e. The zero-order chi connectivity index (χ0) is 23.5. The Hall–Kier alpha value is -2.11. The summed E-state index contributed by atoms with van der Waals surface area (Å²) >= 11 is 0. The summed E-state index contributed by atoms with van der Waals surface area (Å²) in [5.41, 5.74) is 5.24. The third-order valence-electron chi connectivity index (χ3n) is 7.81. The Bertz CT molecular complexity index is 863. The van der Waals surface area contributed by atoms with E-state index in [0.717, 1.165) is 44.9 Å². The van der Waals surface area contributed by atoms with Crippen molar-refractivity contribution in [3.8, 4) is 17.2 Å². The van der Waals surface area contributed by atoms with Crippen molar-refractivity contribution in [3.05, 3.63) is 59.7 Å². The third kappa shape index (κ3) is 7.18. The van der Waals surface area contributed by atoms with E-state index in [0.29, 0.717) is 18.4 Å². The predicted octanol–water partition coefficient (Wildman–Crippen LogP) is 8.76. The first kappa shape index (κ1) is 25.5. The van der Waals surface area contributed by atoms with Crippen LogP contribution in [0.1, 0.15) is 114 Å². The van der Waals surface area contributed by atoms with Gasteiger partial charge in [0.2, 0.25) is 0 Å². The fourth-order valence-electron chi connectivity index (χ4n) is 5.69. The van der Waals surface area contributed by atoms with E-state index in [1.807, 2.05) is 0 Å². The highest BCUT2D eigenvalue weighted by Crippen LogP contribution is 2.46. The SMILES string of the molecule is CCCC(C)c1ccc(-c2ccc(C3CCCC(C#N)(CCCCCCCO)C3)cc2)cc1. The first-order valence-corrected chi connectivity index (χ1v) is 13.3. The van der Waals surface area contributed by atoms with Gasteiger partial charge in [-0.05, 0) is 72.6 Å². The summed E-state index contributed by atoms with van der Waals surface area (Å²) < 4.78 is 0. The topological polar surface area (TPSA) is 44.0 Å². The van der Waals surface area contributed by atoms with E-state index in [1.165, 1.54) is 54.4 Å². The molecule has 2 heteroatoms. The summed E-state index contributed by atoms with van der Waals surface area (Å²) in [7, 11) is 0. The number of hydrogen-bond acceptors (Lipinski definition) is 2. The minimum Gasteiger partial charge on any atom is -0.396 e.